The zero-order chi connectivity index (χ0) is 16.5. The minimum Gasteiger partial charge on any atom is -0.0654 e. The SMILES string of the molecule is CCCCCC(CC)CC[CH]CCCCCCCCC(C)C. The highest BCUT2D eigenvalue weighted by atomic mass is 14.1. The summed E-state index contributed by atoms with van der Waals surface area (Å²) in [7, 11) is 0. The third-order valence-electron chi connectivity index (χ3n) is 5.01. The zero-order valence-corrected chi connectivity index (χ0v) is 16.3. The number of unbranched alkanes of at least 4 members (excludes halogenated alkanes) is 10. The summed E-state index contributed by atoms with van der Waals surface area (Å²) in [6.07, 6.45) is 23.9. The summed E-state index contributed by atoms with van der Waals surface area (Å²) < 4.78 is 0. The van der Waals surface area contributed by atoms with Gasteiger partial charge in [-0.25, -0.2) is 0 Å². The molecular weight excluding hydrogens is 264 g/mol. The summed E-state index contributed by atoms with van der Waals surface area (Å²) >= 11 is 0. The Morgan fingerprint density at radius 1 is 0.636 bits per heavy atom. The molecule has 0 N–H and O–H groups in total. The summed E-state index contributed by atoms with van der Waals surface area (Å²) in [5, 5.41) is 0. The maximum Gasteiger partial charge on any atom is -0.0386 e. The fraction of sp³-hybridized carbons (Fsp3) is 0.955. The smallest absolute Gasteiger partial charge is 0.0386 e. The van der Waals surface area contributed by atoms with Gasteiger partial charge in [0, 0.05) is 0 Å². The molecule has 0 aromatic heterocycles. The van der Waals surface area contributed by atoms with Crippen LogP contribution in [-0.2, 0) is 0 Å². The molecule has 0 heteroatoms. The van der Waals surface area contributed by atoms with Crippen LogP contribution in [0.4, 0.5) is 0 Å². The normalized spacial score (nSPS) is 13.0. The van der Waals surface area contributed by atoms with E-state index in [-0.39, 0.29) is 0 Å². The van der Waals surface area contributed by atoms with E-state index in [1.165, 1.54) is 96.3 Å². The first-order valence-electron chi connectivity index (χ1n) is 10.5. The van der Waals surface area contributed by atoms with Crippen LogP contribution in [-0.4, -0.2) is 0 Å². The van der Waals surface area contributed by atoms with Gasteiger partial charge < -0.3 is 0 Å². The predicted molar refractivity (Wildman–Crippen MR) is 103 cm³/mol. The van der Waals surface area contributed by atoms with Crippen molar-refractivity contribution < 1.29 is 0 Å². The molecule has 133 valence electrons. The molecule has 0 spiro atoms. The molecule has 0 saturated carbocycles. The lowest BCUT2D eigenvalue weighted by atomic mass is 9.92. The monoisotopic (exact) mass is 309 g/mol. The van der Waals surface area contributed by atoms with Gasteiger partial charge >= 0.3 is 0 Å². The van der Waals surface area contributed by atoms with Gasteiger partial charge in [-0.1, -0.05) is 118 Å². The van der Waals surface area contributed by atoms with E-state index >= 15 is 0 Å². The maximum absolute atomic E-state index is 2.57. The van der Waals surface area contributed by atoms with E-state index in [2.05, 4.69) is 34.1 Å². The first-order chi connectivity index (χ1) is 10.7. The van der Waals surface area contributed by atoms with E-state index in [0.29, 0.717) is 0 Å². The molecule has 0 nitrogen and oxygen atoms in total. The molecule has 1 atom stereocenters. The largest absolute Gasteiger partial charge is 0.0654 e. The van der Waals surface area contributed by atoms with Crippen LogP contribution in [0.5, 0.6) is 0 Å². The van der Waals surface area contributed by atoms with Gasteiger partial charge in [-0.15, -0.1) is 0 Å². The first-order valence-corrected chi connectivity index (χ1v) is 10.5. The molecule has 0 aliphatic heterocycles. The number of hydrogen-bond acceptors (Lipinski definition) is 0. The van der Waals surface area contributed by atoms with Crippen molar-refractivity contribution in [2.75, 3.05) is 0 Å². The Morgan fingerprint density at radius 2 is 1.27 bits per heavy atom. The molecule has 0 aromatic carbocycles. The Hall–Kier alpha value is 0. The van der Waals surface area contributed by atoms with Crippen LogP contribution in [0.3, 0.4) is 0 Å². The molecule has 0 aliphatic rings. The van der Waals surface area contributed by atoms with Crippen LogP contribution < -0.4 is 0 Å². The summed E-state index contributed by atoms with van der Waals surface area (Å²) in [6, 6.07) is 0. The van der Waals surface area contributed by atoms with Crippen LogP contribution in [0.2, 0.25) is 0 Å². The van der Waals surface area contributed by atoms with Crippen LogP contribution in [0.25, 0.3) is 0 Å². The minimum absolute atomic E-state index is 0.892. The molecular formula is C22H45. The average Bonchev–Trinajstić information content (AvgIpc) is 2.50. The van der Waals surface area contributed by atoms with Crippen molar-refractivity contribution in [2.24, 2.45) is 11.8 Å². The lowest BCUT2D eigenvalue weighted by Gasteiger charge is -2.14. The van der Waals surface area contributed by atoms with Gasteiger partial charge in [-0.3, -0.25) is 0 Å². The van der Waals surface area contributed by atoms with Crippen molar-refractivity contribution in [2.45, 2.75) is 124 Å². The van der Waals surface area contributed by atoms with Crippen molar-refractivity contribution in [1.82, 2.24) is 0 Å². The third kappa shape index (κ3) is 16.4. The Labute approximate surface area is 142 Å². The van der Waals surface area contributed by atoms with Gasteiger partial charge in [0.25, 0.3) is 0 Å². The molecule has 0 aliphatic carbocycles. The van der Waals surface area contributed by atoms with Crippen LogP contribution in [0.15, 0.2) is 0 Å². The van der Waals surface area contributed by atoms with E-state index in [1.807, 2.05) is 0 Å². The summed E-state index contributed by atoms with van der Waals surface area (Å²) in [4.78, 5) is 0. The third-order valence-corrected chi connectivity index (χ3v) is 5.01. The summed E-state index contributed by atoms with van der Waals surface area (Å²) in [6.45, 7) is 9.35. The Kier molecular flexibility index (Phi) is 17.4. The highest BCUT2D eigenvalue weighted by Crippen LogP contribution is 2.21. The second-order valence-electron chi connectivity index (χ2n) is 7.73. The number of rotatable bonds is 17. The van der Waals surface area contributed by atoms with E-state index < -0.39 is 0 Å². The van der Waals surface area contributed by atoms with Crippen molar-refractivity contribution in [3.05, 3.63) is 6.42 Å². The molecule has 1 radical (unpaired) electrons. The molecule has 0 fully saturated rings. The predicted octanol–water partition coefficient (Wildman–Crippen LogP) is 8.35. The number of hydrogen-bond donors (Lipinski definition) is 0. The molecule has 0 bridgehead atoms. The topological polar surface area (TPSA) is 0 Å². The van der Waals surface area contributed by atoms with Crippen LogP contribution >= 0.6 is 0 Å². The van der Waals surface area contributed by atoms with Gasteiger partial charge in [0.05, 0.1) is 0 Å². The second-order valence-corrected chi connectivity index (χ2v) is 7.73. The quantitative estimate of drug-likeness (QED) is 0.237. The molecule has 0 rings (SSSR count). The maximum atomic E-state index is 2.57. The van der Waals surface area contributed by atoms with Gasteiger partial charge in [0.2, 0.25) is 0 Å². The minimum atomic E-state index is 0.892. The fourth-order valence-electron chi connectivity index (χ4n) is 3.28. The zero-order valence-electron chi connectivity index (χ0n) is 16.3. The molecule has 0 heterocycles. The van der Waals surface area contributed by atoms with Crippen molar-refractivity contribution >= 4 is 0 Å². The lowest BCUT2D eigenvalue weighted by Crippen LogP contribution is -1.99. The molecule has 22 heavy (non-hydrogen) atoms. The lowest BCUT2D eigenvalue weighted by molar-refractivity contribution is 0.412. The molecule has 0 aromatic rings. The van der Waals surface area contributed by atoms with E-state index in [9.17, 15) is 0 Å². The molecule has 0 amide bonds. The van der Waals surface area contributed by atoms with Gasteiger partial charge in [-0.2, -0.15) is 0 Å². The standard InChI is InChI=1S/C22H45/c1-5-7-15-19-22(6-2)20-17-14-12-10-8-9-11-13-16-18-21(3)4/h14,21-22H,5-13,15-20H2,1-4H3. The first kappa shape index (κ1) is 22.0. The average molecular weight is 310 g/mol. The van der Waals surface area contributed by atoms with Crippen LogP contribution in [0.1, 0.15) is 124 Å². The summed E-state index contributed by atoms with van der Waals surface area (Å²) in [5.74, 6) is 1.88. The van der Waals surface area contributed by atoms with Crippen LogP contribution in [0, 0.1) is 18.3 Å². The second kappa shape index (κ2) is 17.4. The Bertz CT molecular complexity index is 194. The van der Waals surface area contributed by atoms with E-state index in [1.54, 1.807) is 0 Å². The van der Waals surface area contributed by atoms with E-state index in [4.69, 9.17) is 0 Å². The van der Waals surface area contributed by atoms with Gasteiger partial charge in [0.1, 0.15) is 0 Å². The summed E-state index contributed by atoms with van der Waals surface area (Å²) in [5.41, 5.74) is 0. The van der Waals surface area contributed by atoms with Crippen molar-refractivity contribution in [3.8, 4) is 0 Å². The van der Waals surface area contributed by atoms with E-state index in [0.717, 1.165) is 11.8 Å². The highest BCUT2D eigenvalue weighted by Gasteiger charge is 2.05. The molecule has 0 saturated heterocycles. The van der Waals surface area contributed by atoms with Crippen molar-refractivity contribution in [3.63, 3.8) is 0 Å². The van der Waals surface area contributed by atoms with Gasteiger partial charge in [0.15, 0.2) is 0 Å². The highest BCUT2D eigenvalue weighted by molar-refractivity contribution is 4.68. The molecule has 1 unspecified atom stereocenters. The Balaban J connectivity index is 3.21. The Morgan fingerprint density at radius 3 is 1.91 bits per heavy atom. The van der Waals surface area contributed by atoms with Crippen molar-refractivity contribution in [1.29, 1.82) is 0 Å². The van der Waals surface area contributed by atoms with Gasteiger partial charge in [-0.05, 0) is 24.7 Å². The fourth-order valence-corrected chi connectivity index (χ4v) is 3.28.